The van der Waals surface area contributed by atoms with E-state index >= 15 is 0 Å². The molecule has 0 spiro atoms. The molecule has 17 heavy (non-hydrogen) atoms. The molecule has 90 valence electrons. The second-order valence-electron chi connectivity index (χ2n) is 3.78. The minimum Gasteiger partial charge on any atom is -0.326 e. The lowest BCUT2D eigenvalue weighted by Crippen LogP contribution is -2.09. The van der Waals surface area contributed by atoms with Crippen LogP contribution in [0.15, 0.2) is 24.3 Å². The number of nitrogens with two attached hydrogens (primary N) is 1. The van der Waals surface area contributed by atoms with Crippen molar-refractivity contribution < 1.29 is 0 Å². The largest absolute Gasteiger partial charge is 0.326 e. The molecule has 2 rings (SSSR count). The maximum atomic E-state index is 5.57. The van der Waals surface area contributed by atoms with Gasteiger partial charge < -0.3 is 10.6 Å². The fraction of sp³-hybridized carbons (Fsp3) is 0.333. The maximum Gasteiger partial charge on any atom is 0.209 e. The molecule has 0 fully saturated rings. The van der Waals surface area contributed by atoms with E-state index in [2.05, 4.69) is 28.4 Å². The quantitative estimate of drug-likeness (QED) is 0.902. The molecule has 2 aromatic rings. The molecule has 5 heteroatoms. The standard InChI is InChI=1S/C12H16N4S/c1-3-11-14-12(17-15-11)16(2)10-6-4-9(8-13)5-7-10/h4-7H,3,8,13H2,1-2H3. The summed E-state index contributed by atoms with van der Waals surface area (Å²) in [5, 5.41) is 0.919. The lowest BCUT2D eigenvalue weighted by Gasteiger charge is -2.15. The van der Waals surface area contributed by atoms with E-state index in [9.17, 15) is 0 Å². The Morgan fingerprint density at radius 1 is 1.29 bits per heavy atom. The van der Waals surface area contributed by atoms with Gasteiger partial charge in [-0.3, -0.25) is 0 Å². The van der Waals surface area contributed by atoms with Crippen LogP contribution in [0.25, 0.3) is 0 Å². The first-order chi connectivity index (χ1) is 8.24. The van der Waals surface area contributed by atoms with E-state index in [1.165, 1.54) is 11.5 Å². The maximum absolute atomic E-state index is 5.57. The van der Waals surface area contributed by atoms with E-state index in [0.717, 1.165) is 28.6 Å². The highest BCUT2D eigenvalue weighted by Crippen LogP contribution is 2.25. The predicted molar refractivity (Wildman–Crippen MR) is 71.7 cm³/mol. The van der Waals surface area contributed by atoms with Gasteiger partial charge in [-0.2, -0.15) is 4.37 Å². The van der Waals surface area contributed by atoms with Gasteiger partial charge in [0.2, 0.25) is 5.13 Å². The third-order valence-corrected chi connectivity index (χ3v) is 3.45. The summed E-state index contributed by atoms with van der Waals surface area (Å²) in [4.78, 5) is 6.50. The summed E-state index contributed by atoms with van der Waals surface area (Å²) < 4.78 is 4.28. The van der Waals surface area contributed by atoms with Crippen LogP contribution >= 0.6 is 11.5 Å². The van der Waals surface area contributed by atoms with Gasteiger partial charge in [-0.15, -0.1) is 0 Å². The van der Waals surface area contributed by atoms with Crippen molar-refractivity contribution >= 4 is 22.4 Å². The van der Waals surface area contributed by atoms with Crippen LogP contribution in [0.2, 0.25) is 0 Å². The minimum atomic E-state index is 0.572. The Morgan fingerprint density at radius 2 is 2.00 bits per heavy atom. The average Bonchev–Trinajstić information content (AvgIpc) is 2.87. The molecular formula is C12H16N4S. The van der Waals surface area contributed by atoms with Crippen LogP contribution in [0, 0.1) is 0 Å². The Morgan fingerprint density at radius 3 is 2.53 bits per heavy atom. The molecule has 0 saturated carbocycles. The van der Waals surface area contributed by atoms with Gasteiger partial charge in [0.1, 0.15) is 5.82 Å². The van der Waals surface area contributed by atoms with Crippen molar-refractivity contribution in [1.82, 2.24) is 9.36 Å². The molecule has 0 bridgehead atoms. The van der Waals surface area contributed by atoms with Gasteiger partial charge in [0.25, 0.3) is 0 Å². The monoisotopic (exact) mass is 248 g/mol. The van der Waals surface area contributed by atoms with Crippen molar-refractivity contribution in [1.29, 1.82) is 0 Å². The van der Waals surface area contributed by atoms with E-state index in [1.807, 2.05) is 24.1 Å². The fourth-order valence-electron chi connectivity index (χ4n) is 1.49. The Bertz CT molecular complexity index is 478. The molecule has 0 unspecified atom stereocenters. The summed E-state index contributed by atoms with van der Waals surface area (Å²) in [6.07, 6.45) is 0.871. The van der Waals surface area contributed by atoms with Crippen LogP contribution in [0.1, 0.15) is 18.3 Å². The zero-order valence-electron chi connectivity index (χ0n) is 10.1. The third kappa shape index (κ3) is 2.62. The second-order valence-corrected chi connectivity index (χ2v) is 4.51. The SMILES string of the molecule is CCc1nsc(N(C)c2ccc(CN)cc2)n1. The number of hydrogen-bond acceptors (Lipinski definition) is 5. The third-order valence-electron chi connectivity index (χ3n) is 2.62. The topological polar surface area (TPSA) is 55.0 Å². The number of anilines is 2. The second kappa shape index (κ2) is 5.25. The Labute approximate surface area is 105 Å². The van der Waals surface area contributed by atoms with E-state index < -0.39 is 0 Å². The molecule has 1 aromatic carbocycles. The number of hydrogen-bond donors (Lipinski definition) is 1. The van der Waals surface area contributed by atoms with Crippen LogP contribution in [0.5, 0.6) is 0 Å². The van der Waals surface area contributed by atoms with Crippen LogP contribution in [-0.2, 0) is 13.0 Å². The van der Waals surface area contributed by atoms with Crippen molar-refractivity contribution in [3.8, 4) is 0 Å². The smallest absolute Gasteiger partial charge is 0.209 e. The van der Waals surface area contributed by atoms with Gasteiger partial charge in [0.05, 0.1) is 0 Å². The summed E-state index contributed by atoms with van der Waals surface area (Å²) in [5.74, 6) is 0.899. The average molecular weight is 248 g/mol. The van der Waals surface area contributed by atoms with E-state index in [4.69, 9.17) is 5.73 Å². The Kier molecular flexibility index (Phi) is 3.71. The number of aryl methyl sites for hydroxylation is 1. The Balaban J connectivity index is 2.20. The summed E-state index contributed by atoms with van der Waals surface area (Å²) in [6, 6.07) is 8.17. The van der Waals surface area contributed by atoms with Gasteiger partial charge in [0.15, 0.2) is 0 Å². The van der Waals surface area contributed by atoms with Crippen molar-refractivity contribution in [2.45, 2.75) is 19.9 Å². The minimum absolute atomic E-state index is 0.572. The highest BCUT2D eigenvalue weighted by atomic mass is 32.1. The van der Waals surface area contributed by atoms with Crippen LogP contribution in [-0.4, -0.2) is 16.4 Å². The summed E-state index contributed by atoms with van der Waals surface area (Å²) in [7, 11) is 2.00. The van der Waals surface area contributed by atoms with E-state index in [-0.39, 0.29) is 0 Å². The highest BCUT2D eigenvalue weighted by molar-refractivity contribution is 7.09. The van der Waals surface area contributed by atoms with Gasteiger partial charge in [0, 0.05) is 37.2 Å². The van der Waals surface area contributed by atoms with E-state index in [1.54, 1.807) is 0 Å². The van der Waals surface area contributed by atoms with Gasteiger partial charge in [-0.1, -0.05) is 19.1 Å². The van der Waals surface area contributed by atoms with Gasteiger partial charge in [-0.25, -0.2) is 4.98 Å². The molecule has 0 saturated heterocycles. The summed E-state index contributed by atoms with van der Waals surface area (Å²) >= 11 is 1.43. The molecule has 4 nitrogen and oxygen atoms in total. The number of rotatable bonds is 4. The number of benzene rings is 1. The molecule has 1 aromatic heterocycles. The van der Waals surface area contributed by atoms with Crippen LogP contribution < -0.4 is 10.6 Å². The molecule has 0 aliphatic rings. The molecule has 0 radical (unpaired) electrons. The molecular weight excluding hydrogens is 232 g/mol. The Hall–Kier alpha value is -1.46. The lowest BCUT2D eigenvalue weighted by atomic mass is 10.2. The van der Waals surface area contributed by atoms with Crippen molar-refractivity contribution in [3.05, 3.63) is 35.7 Å². The zero-order chi connectivity index (χ0) is 12.3. The molecule has 0 aliphatic heterocycles. The highest BCUT2D eigenvalue weighted by Gasteiger charge is 2.09. The molecule has 1 heterocycles. The summed E-state index contributed by atoms with van der Waals surface area (Å²) in [5.41, 5.74) is 7.81. The predicted octanol–water partition coefficient (Wildman–Crippen LogP) is 2.33. The molecule has 0 amide bonds. The van der Waals surface area contributed by atoms with Crippen LogP contribution in [0.4, 0.5) is 10.8 Å². The summed E-state index contributed by atoms with van der Waals surface area (Å²) in [6.45, 7) is 2.63. The molecule has 2 N–H and O–H groups in total. The van der Waals surface area contributed by atoms with Gasteiger partial charge >= 0.3 is 0 Å². The first kappa shape index (κ1) is 12.0. The number of nitrogens with zero attached hydrogens (tertiary/aromatic N) is 3. The van der Waals surface area contributed by atoms with Crippen molar-refractivity contribution in [2.75, 3.05) is 11.9 Å². The van der Waals surface area contributed by atoms with Crippen molar-refractivity contribution in [3.63, 3.8) is 0 Å². The first-order valence-electron chi connectivity index (χ1n) is 5.60. The number of aromatic nitrogens is 2. The zero-order valence-corrected chi connectivity index (χ0v) is 10.9. The van der Waals surface area contributed by atoms with Crippen molar-refractivity contribution in [2.24, 2.45) is 5.73 Å². The lowest BCUT2D eigenvalue weighted by molar-refractivity contribution is 0.988. The molecule has 0 aliphatic carbocycles. The fourth-order valence-corrected chi connectivity index (χ4v) is 2.22. The molecule has 0 atom stereocenters. The van der Waals surface area contributed by atoms with Crippen LogP contribution in [0.3, 0.4) is 0 Å². The van der Waals surface area contributed by atoms with Gasteiger partial charge in [-0.05, 0) is 17.7 Å². The van der Waals surface area contributed by atoms with E-state index in [0.29, 0.717) is 6.54 Å². The first-order valence-corrected chi connectivity index (χ1v) is 6.37. The normalized spacial score (nSPS) is 10.5.